The Bertz CT molecular complexity index is 370. The Morgan fingerprint density at radius 2 is 1.88 bits per heavy atom. The highest BCUT2D eigenvalue weighted by Gasteiger charge is 2.26. The lowest BCUT2D eigenvalue weighted by Gasteiger charge is -2.31. The van der Waals surface area contributed by atoms with Crippen LogP contribution in [0.3, 0.4) is 0 Å². The summed E-state index contributed by atoms with van der Waals surface area (Å²) in [5.74, 6) is 0. The molecule has 92 valence electrons. The van der Waals surface area contributed by atoms with Crippen molar-refractivity contribution in [1.29, 1.82) is 0 Å². The van der Waals surface area contributed by atoms with Crippen LogP contribution in [0.2, 0.25) is 0 Å². The largest absolute Gasteiger partial charge is 0.397 e. The molecule has 1 aliphatic rings. The number of aliphatic hydroxyl groups excluding tert-OH is 1. The zero-order valence-corrected chi connectivity index (χ0v) is 10.6. The van der Waals surface area contributed by atoms with E-state index >= 15 is 0 Å². The maximum Gasteiger partial charge on any atom is 0.0656 e. The topological polar surface area (TPSA) is 32.3 Å². The molecule has 2 rings (SSSR count). The third-order valence-corrected chi connectivity index (χ3v) is 2.80. The van der Waals surface area contributed by atoms with E-state index in [1.54, 1.807) is 6.92 Å². The fourth-order valence-electron chi connectivity index (χ4n) is 1.90. The molecule has 2 heteroatoms. The van der Waals surface area contributed by atoms with Crippen molar-refractivity contribution in [2.24, 2.45) is 0 Å². The molecule has 2 N–H and O–H groups in total. The van der Waals surface area contributed by atoms with E-state index in [1.807, 2.05) is 7.05 Å². The summed E-state index contributed by atoms with van der Waals surface area (Å²) in [5.41, 5.74) is 1.32. The molecule has 0 saturated heterocycles. The van der Waals surface area contributed by atoms with Gasteiger partial charge in [0.05, 0.1) is 5.54 Å². The van der Waals surface area contributed by atoms with E-state index in [0.29, 0.717) is 0 Å². The zero-order valence-electron chi connectivity index (χ0n) is 10.6. The zero-order chi connectivity index (χ0) is 12.6. The summed E-state index contributed by atoms with van der Waals surface area (Å²) in [5, 5.41) is 11.0. The molecule has 0 bridgehead atoms. The molecule has 0 aromatic heterocycles. The predicted molar refractivity (Wildman–Crippen MR) is 72.8 cm³/mol. The maximum atomic E-state index is 7.57. The second kappa shape index (κ2) is 7.05. The molecule has 1 aromatic carbocycles. The van der Waals surface area contributed by atoms with Crippen molar-refractivity contribution in [2.75, 3.05) is 13.7 Å². The van der Waals surface area contributed by atoms with Gasteiger partial charge in [-0.1, -0.05) is 54.6 Å². The molecule has 1 unspecified atom stereocenters. The molecule has 1 atom stereocenters. The highest BCUT2D eigenvalue weighted by Crippen LogP contribution is 2.28. The van der Waals surface area contributed by atoms with E-state index in [-0.39, 0.29) is 12.1 Å². The standard InChI is InChI=1S/C13H15N.C2H6O/c1-14-13(10-6-3-7-11-13)12-8-4-2-5-9-12;1-2-3/h2-10,14H,11H2,1H3;3H,2H2,1H3. The maximum absolute atomic E-state index is 7.57. The van der Waals surface area contributed by atoms with Gasteiger partial charge in [-0.05, 0) is 26.0 Å². The number of nitrogens with one attached hydrogen (secondary N) is 1. The summed E-state index contributed by atoms with van der Waals surface area (Å²) in [7, 11) is 2.01. The summed E-state index contributed by atoms with van der Waals surface area (Å²) in [6.45, 7) is 1.93. The Kier molecular flexibility index (Phi) is 5.67. The SMILES string of the molecule is CCO.CNC1(c2ccccc2)C=CC=CC1. The first-order valence-electron chi connectivity index (χ1n) is 5.98. The highest BCUT2D eigenvalue weighted by molar-refractivity contribution is 5.34. The molecule has 0 saturated carbocycles. The number of rotatable bonds is 2. The van der Waals surface area contributed by atoms with Gasteiger partial charge in [-0.25, -0.2) is 0 Å². The summed E-state index contributed by atoms with van der Waals surface area (Å²) >= 11 is 0. The van der Waals surface area contributed by atoms with E-state index in [1.165, 1.54) is 5.56 Å². The van der Waals surface area contributed by atoms with Gasteiger partial charge in [0.2, 0.25) is 0 Å². The van der Waals surface area contributed by atoms with Gasteiger partial charge in [0.15, 0.2) is 0 Å². The quantitative estimate of drug-likeness (QED) is 0.820. The molecule has 0 heterocycles. The molecule has 0 amide bonds. The number of hydrogen-bond acceptors (Lipinski definition) is 2. The summed E-state index contributed by atoms with van der Waals surface area (Å²) in [4.78, 5) is 0. The van der Waals surface area contributed by atoms with Crippen molar-refractivity contribution >= 4 is 0 Å². The predicted octanol–water partition coefficient (Wildman–Crippen LogP) is 2.62. The van der Waals surface area contributed by atoms with Crippen LogP contribution in [0.1, 0.15) is 18.9 Å². The van der Waals surface area contributed by atoms with Gasteiger partial charge in [0.1, 0.15) is 0 Å². The lowest BCUT2D eigenvalue weighted by molar-refractivity contribution is 0.318. The Balaban J connectivity index is 0.000000437. The van der Waals surface area contributed by atoms with E-state index in [4.69, 9.17) is 5.11 Å². The average Bonchev–Trinajstić information content (AvgIpc) is 2.41. The first-order chi connectivity index (χ1) is 8.29. The molecule has 0 fully saturated rings. The van der Waals surface area contributed by atoms with Crippen molar-refractivity contribution in [3.63, 3.8) is 0 Å². The molecular weight excluding hydrogens is 210 g/mol. The van der Waals surface area contributed by atoms with Crippen LogP contribution in [-0.4, -0.2) is 18.8 Å². The number of benzene rings is 1. The van der Waals surface area contributed by atoms with Crippen LogP contribution in [0, 0.1) is 0 Å². The normalized spacial score (nSPS) is 21.8. The Morgan fingerprint density at radius 3 is 2.35 bits per heavy atom. The number of hydrogen-bond donors (Lipinski definition) is 2. The average molecular weight is 231 g/mol. The molecule has 2 nitrogen and oxygen atoms in total. The van der Waals surface area contributed by atoms with E-state index in [9.17, 15) is 0 Å². The van der Waals surface area contributed by atoms with Gasteiger partial charge in [-0.2, -0.15) is 0 Å². The Hall–Kier alpha value is -1.38. The van der Waals surface area contributed by atoms with Crippen molar-refractivity contribution in [3.8, 4) is 0 Å². The third-order valence-electron chi connectivity index (χ3n) is 2.80. The molecule has 0 radical (unpaired) electrons. The van der Waals surface area contributed by atoms with Crippen LogP contribution in [0.5, 0.6) is 0 Å². The van der Waals surface area contributed by atoms with Crippen LogP contribution in [0.15, 0.2) is 54.6 Å². The summed E-state index contributed by atoms with van der Waals surface area (Å²) in [6, 6.07) is 10.6. The Morgan fingerprint density at radius 1 is 1.24 bits per heavy atom. The van der Waals surface area contributed by atoms with Gasteiger partial charge < -0.3 is 10.4 Å². The fourth-order valence-corrected chi connectivity index (χ4v) is 1.90. The van der Waals surface area contributed by atoms with Crippen molar-refractivity contribution in [3.05, 3.63) is 60.2 Å². The lowest BCUT2D eigenvalue weighted by atomic mass is 9.84. The van der Waals surface area contributed by atoms with E-state index in [2.05, 4.69) is 60.0 Å². The van der Waals surface area contributed by atoms with Crippen LogP contribution in [-0.2, 0) is 5.54 Å². The highest BCUT2D eigenvalue weighted by atomic mass is 16.2. The first kappa shape index (κ1) is 13.7. The van der Waals surface area contributed by atoms with Crippen LogP contribution in [0.25, 0.3) is 0 Å². The van der Waals surface area contributed by atoms with Crippen LogP contribution in [0.4, 0.5) is 0 Å². The lowest BCUT2D eigenvalue weighted by Crippen LogP contribution is -2.38. The smallest absolute Gasteiger partial charge is 0.0656 e. The summed E-state index contributed by atoms with van der Waals surface area (Å²) in [6.07, 6.45) is 9.64. The second-order valence-electron chi connectivity index (χ2n) is 3.89. The van der Waals surface area contributed by atoms with Crippen molar-refractivity contribution in [1.82, 2.24) is 5.32 Å². The monoisotopic (exact) mass is 231 g/mol. The molecule has 0 spiro atoms. The number of allylic oxidation sites excluding steroid dienone is 2. The molecule has 17 heavy (non-hydrogen) atoms. The molecule has 1 aromatic rings. The van der Waals surface area contributed by atoms with Gasteiger partial charge in [-0.15, -0.1) is 0 Å². The number of aliphatic hydroxyl groups is 1. The Labute approximate surface area is 104 Å². The van der Waals surface area contributed by atoms with Crippen molar-refractivity contribution in [2.45, 2.75) is 18.9 Å². The third kappa shape index (κ3) is 3.55. The van der Waals surface area contributed by atoms with Crippen LogP contribution < -0.4 is 5.32 Å². The number of likely N-dealkylation sites (N-methyl/N-ethyl adjacent to an activating group) is 1. The molecular formula is C15H21NO. The van der Waals surface area contributed by atoms with Crippen LogP contribution >= 0.6 is 0 Å². The van der Waals surface area contributed by atoms with E-state index in [0.717, 1.165) is 6.42 Å². The minimum absolute atomic E-state index is 0.00396. The molecule has 0 aliphatic heterocycles. The summed E-state index contributed by atoms with van der Waals surface area (Å²) < 4.78 is 0. The van der Waals surface area contributed by atoms with Gasteiger partial charge >= 0.3 is 0 Å². The minimum atomic E-state index is -0.00396. The van der Waals surface area contributed by atoms with E-state index < -0.39 is 0 Å². The fraction of sp³-hybridized carbons (Fsp3) is 0.333. The second-order valence-corrected chi connectivity index (χ2v) is 3.89. The van der Waals surface area contributed by atoms with Gasteiger partial charge in [0, 0.05) is 6.61 Å². The van der Waals surface area contributed by atoms with Crippen molar-refractivity contribution < 1.29 is 5.11 Å². The van der Waals surface area contributed by atoms with Gasteiger partial charge in [-0.3, -0.25) is 0 Å². The minimum Gasteiger partial charge on any atom is -0.397 e. The van der Waals surface area contributed by atoms with Gasteiger partial charge in [0.25, 0.3) is 0 Å². The molecule has 1 aliphatic carbocycles. The first-order valence-corrected chi connectivity index (χ1v) is 5.98.